The Bertz CT molecular complexity index is 889. The monoisotopic (exact) mass is 513 g/mol. The Balaban J connectivity index is 0.000000264. The fourth-order valence-corrected chi connectivity index (χ4v) is 2.90. The lowest BCUT2D eigenvalue weighted by molar-refractivity contribution is -0.123. The van der Waals surface area contributed by atoms with Crippen LogP contribution >= 0.6 is 23.2 Å². The Morgan fingerprint density at radius 1 is 1.15 bits per heavy atom. The van der Waals surface area contributed by atoms with E-state index >= 15 is 0 Å². The second-order valence-corrected chi connectivity index (χ2v) is 8.37. The molecule has 10 heteroatoms. The van der Waals surface area contributed by atoms with E-state index in [0.717, 1.165) is 36.9 Å². The van der Waals surface area contributed by atoms with Gasteiger partial charge in [0.05, 0.1) is 11.6 Å². The number of benzene rings is 2. The number of carbonyl (C=O) groups excluding carboxylic acids is 3. The van der Waals surface area contributed by atoms with Crippen LogP contribution in [0.25, 0.3) is 0 Å². The number of halogens is 3. The molecule has 0 bridgehead atoms. The lowest BCUT2D eigenvalue weighted by Crippen LogP contribution is -2.42. The number of aldehydes is 1. The van der Waals surface area contributed by atoms with Gasteiger partial charge >= 0.3 is 0 Å². The van der Waals surface area contributed by atoms with Crippen molar-refractivity contribution in [2.24, 2.45) is 0 Å². The van der Waals surface area contributed by atoms with Gasteiger partial charge in [0.2, 0.25) is 12.3 Å². The molecule has 3 N–H and O–H groups in total. The standard InChI is InChI=1S/C9H17N3O2.C8H6ClFO2.C7H7Cl/c1-10-5-4-9(2-3-9)12-8(14)6-11-7-13;9-7-2-1-6(5-8(7)10)12-4-3-11;1-6-2-4-7(8)5-3-6/h7,10H,2-6H2,1H3,(H,11,13)(H,12,14);1-3,5H,4H2;2-5H,1H3. The maximum Gasteiger partial charge on any atom is 0.239 e. The smallest absolute Gasteiger partial charge is 0.239 e. The second-order valence-electron chi connectivity index (χ2n) is 7.53. The van der Waals surface area contributed by atoms with Crippen LogP contribution in [-0.4, -0.2) is 50.9 Å². The van der Waals surface area contributed by atoms with Crippen LogP contribution < -0.4 is 20.7 Å². The number of carbonyl (C=O) groups is 3. The topological polar surface area (TPSA) is 96.5 Å². The SMILES string of the molecule is CNCCC1(NC(=O)CNC=O)CC1.Cc1ccc(Cl)cc1.O=CCOc1ccc(Cl)c(F)c1. The van der Waals surface area contributed by atoms with Crippen molar-refractivity contribution >= 4 is 41.8 Å². The normalized spacial score (nSPS) is 12.6. The predicted molar refractivity (Wildman–Crippen MR) is 132 cm³/mol. The van der Waals surface area contributed by atoms with E-state index in [-0.39, 0.29) is 29.6 Å². The third-order valence-electron chi connectivity index (χ3n) is 4.68. The second kappa shape index (κ2) is 16.0. The van der Waals surface area contributed by atoms with Crippen molar-refractivity contribution in [3.63, 3.8) is 0 Å². The molecule has 0 spiro atoms. The molecule has 34 heavy (non-hydrogen) atoms. The molecule has 1 aliphatic carbocycles. The summed E-state index contributed by atoms with van der Waals surface area (Å²) in [6.07, 6.45) is 4.17. The highest BCUT2D eigenvalue weighted by molar-refractivity contribution is 6.30. The van der Waals surface area contributed by atoms with Crippen LogP contribution in [0.4, 0.5) is 4.39 Å². The Labute approximate surface area is 209 Å². The maximum absolute atomic E-state index is 12.7. The van der Waals surface area contributed by atoms with Crippen molar-refractivity contribution < 1.29 is 23.5 Å². The molecule has 2 aromatic rings. The van der Waals surface area contributed by atoms with E-state index < -0.39 is 5.82 Å². The van der Waals surface area contributed by atoms with Crippen molar-refractivity contribution in [1.82, 2.24) is 16.0 Å². The molecule has 0 aromatic heterocycles. The lowest BCUT2D eigenvalue weighted by Gasteiger charge is -2.16. The van der Waals surface area contributed by atoms with Gasteiger partial charge in [0, 0.05) is 16.6 Å². The van der Waals surface area contributed by atoms with Gasteiger partial charge in [0.25, 0.3) is 0 Å². The molecule has 1 aliphatic rings. The quantitative estimate of drug-likeness (QED) is 0.421. The molecule has 186 valence electrons. The van der Waals surface area contributed by atoms with E-state index in [9.17, 15) is 18.8 Å². The number of rotatable bonds is 10. The highest BCUT2D eigenvalue weighted by Gasteiger charge is 2.42. The largest absolute Gasteiger partial charge is 0.486 e. The highest BCUT2D eigenvalue weighted by Crippen LogP contribution is 2.38. The third kappa shape index (κ3) is 12.5. The van der Waals surface area contributed by atoms with Crippen LogP contribution in [0.5, 0.6) is 5.75 Å². The van der Waals surface area contributed by atoms with Crippen LogP contribution in [0.1, 0.15) is 24.8 Å². The van der Waals surface area contributed by atoms with E-state index in [1.807, 2.05) is 38.2 Å². The number of hydrogen-bond donors (Lipinski definition) is 3. The van der Waals surface area contributed by atoms with Crippen molar-refractivity contribution in [3.8, 4) is 5.75 Å². The van der Waals surface area contributed by atoms with Gasteiger partial charge in [-0.1, -0.05) is 40.9 Å². The van der Waals surface area contributed by atoms with Crippen LogP contribution in [0.2, 0.25) is 10.0 Å². The molecular formula is C24H30Cl2FN3O4. The van der Waals surface area contributed by atoms with Gasteiger partial charge in [-0.2, -0.15) is 0 Å². The molecular weight excluding hydrogens is 484 g/mol. The zero-order chi connectivity index (χ0) is 25.4. The Hall–Kier alpha value is -2.68. The van der Waals surface area contributed by atoms with Crippen LogP contribution in [0.3, 0.4) is 0 Å². The molecule has 0 radical (unpaired) electrons. The van der Waals surface area contributed by atoms with Gasteiger partial charge in [-0.15, -0.1) is 0 Å². The van der Waals surface area contributed by atoms with Gasteiger partial charge in [-0.25, -0.2) is 4.39 Å². The summed E-state index contributed by atoms with van der Waals surface area (Å²) < 4.78 is 17.5. The number of nitrogens with one attached hydrogen (secondary N) is 3. The lowest BCUT2D eigenvalue weighted by atomic mass is 10.2. The first-order chi connectivity index (χ1) is 16.2. The van der Waals surface area contributed by atoms with Gasteiger partial charge in [0.1, 0.15) is 18.2 Å². The average molecular weight is 514 g/mol. The summed E-state index contributed by atoms with van der Waals surface area (Å²) >= 11 is 11.0. The minimum Gasteiger partial charge on any atom is -0.486 e. The van der Waals surface area contributed by atoms with Gasteiger partial charge in [-0.3, -0.25) is 14.4 Å². The fraction of sp³-hybridized carbons (Fsp3) is 0.375. The average Bonchev–Trinajstić information content (AvgIpc) is 3.59. The summed E-state index contributed by atoms with van der Waals surface area (Å²) in [6, 6.07) is 11.7. The maximum atomic E-state index is 12.7. The molecule has 3 rings (SSSR count). The Morgan fingerprint density at radius 2 is 1.82 bits per heavy atom. The van der Waals surface area contributed by atoms with E-state index in [1.54, 1.807) is 0 Å². The summed E-state index contributed by atoms with van der Waals surface area (Å²) in [4.78, 5) is 31.1. The first-order valence-electron chi connectivity index (χ1n) is 10.6. The summed E-state index contributed by atoms with van der Waals surface area (Å²) in [5.41, 5.74) is 1.25. The van der Waals surface area contributed by atoms with E-state index in [0.29, 0.717) is 18.4 Å². The Kier molecular flexibility index (Phi) is 13.8. The minimum atomic E-state index is -0.555. The van der Waals surface area contributed by atoms with Crippen LogP contribution in [-0.2, 0) is 14.4 Å². The molecule has 2 aromatic carbocycles. The fourth-order valence-electron chi connectivity index (χ4n) is 2.66. The van der Waals surface area contributed by atoms with E-state index in [1.165, 1.54) is 17.7 Å². The third-order valence-corrected chi connectivity index (χ3v) is 5.24. The number of aryl methyl sites for hydroxylation is 1. The van der Waals surface area contributed by atoms with Crippen LogP contribution in [0.15, 0.2) is 42.5 Å². The summed E-state index contributed by atoms with van der Waals surface area (Å²) in [5.74, 6) is -0.366. The summed E-state index contributed by atoms with van der Waals surface area (Å²) in [5, 5.41) is 9.18. The van der Waals surface area contributed by atoms with Crippen molar-refractivity contribution in [2.45, 2.75) is 31.7 Å². The first kappa shape index (κ1) is 29.4. The first-order valence-corrected chi connectivity index (χ1v) is 11.4. The number of hydrogen-bond acceptors (Lipinski definition) is 5. The molecule has 2 amide bonds. The van der Waals surface area contributed by atoms with Gasteiger partial charge < -0.3 is 20.7 Å². The molecule has 7 nitrogen and oxygen atoms in total. The van der Waals surface area contributed by atoms with Crippen molar-refractivity contribution in [2.75, 3.05) is 26.7 Å². The predicted octanol–water partition coefficient (Wildman–Crippen LogP) is 3.70. The highest BCUT2D eigenvalue weighted by atomic mass is 35.5. The molecule has 1 saturated carbocycles. The van der Waals surface area contributed by atoms with Gasteiger partial charge in [0.15, 0.2) is 6.29 Å². The van der Waals surface area contributed by atoms with Crippen molar-refractivity contribution in [3.05, 3.63) is 63.9 Å². The molecule has 0 unspecified atom stereocenters. The van der Waals surface area contributed by atoms with E-state index in [2.05, 4.69) is 16.0 Å². The molecule has 1 fully saturated rings. The number of amides is 2. The van der Waals surface area contributed by atoms with Crippen molar-refractivity contribution in [1.29, 1.82) is 0 Å². The number of ether oxygens (including phenoxy) is 1. The summed E-state index contributed by atoms with van der Waals surface area (Å²) in [7, 11) is 1.89. The zero-order valence-electron chi connectivity index (χ0n) is 19.2. The molecule has 0 aliphatic heterocycles. The summed E-state index contributed by atoms with van der Waals surface area (Å²) in [6.45, 7) is 2.93. The van der Waals surface area contributed by atoms with E-state index in [4.69, 9.17) is 27.9 Å². The zero-order valence-corrected chi connectivity index (χ0v) is 20.7. The van der Waals surface area contributed by atoms with Gasteiger partial charge in [-0.05, 0) is 64.0 Å². The minimum absolute atomic E-state index is 0.00462. The molecule has 0 atom stereocenters. The Morgan fingerprint density at radius 3 is 2.32 bits per heavy atom. The van der Waals surface area contributed by atoms with Crippen LogP contribution in [0, 0.1) is 12.7 Å². The molecule has 0 saturated heterocycles. The molecule has 0 heterocycles.